The van der Waals surface area contributed by atoms with E-state index in [-0.39, 0.29) is 5.88 Å². The van der Waals surface area contributed by atoms with Crippen LogP contribution in [-0.2, 0) is 9.53 Å². The highest BCUT2D eigenvalue weighted by atomic mass is 16.6. The summed E-state index contributed by atoms with van der Waals surface area (Å²) in [6, 6.07) is 20.3. The number of nitrogens with zero attached hydrogens (tertiary/aromatic N) is 2. The molecule has 0 aliphatic carbocycles. The summed E-state index contributed by atoms with van der Waals surface area (Å²) in [4.78, 5) is 28.5. The molecule has 0 bridgehead atoms. The first-order valence-electron chi connectivity index (χ1n) is 11.9. The zero-order valence-electron chi connectivity index (χ0n) is 20.8. The van der Waals surface area contributed by atoms with Crippen LogP contribution in [0.2, 0.25) is 0 Å². The minimum absolute atomic E-state index is 0.164. The average molecular weight is 501 g/mol. The maximum Gasteiger partial charge on any atom is 0.414 e. The molecule has 0 fully saturated rings. The molecule has 2 heterocycles. The molecule has 0 spiro atoms. The van der Waals surface area contributed by atoms with Gasteiger partial charge in [0.2, 0.25) is 5.88 Å². The van der Waals surface area contributed by atoms with Crippen molar-refractivity contribution in [1.82, 2.24) is 10.1 Å². The van der Waals surface area contributed by atoms with Crippen molar-refractivity contribution in [2.75, 3.05) is 10.6 Å². The summed E-state index contributed by atoms with van der Waals surface area (Å²) in [6.45, 7) is 5.40. The second kappa shape index (κ2) is 11.4. The number of hydrogen-bond donors (Lipinski definition) is 3. The summed E-state index contributed by atoms with van der Waals surface area (Å²) >= 11 is 0. The summed E-state index contributed by atoms with van der Waals surface area (Å²) in [5.74, 6) is -0.683. The van der Waals surface area contributed by atoms with Crippen molar-refractivity contribution in [3.8, 4) is 11.1 Å². The maximum atomic E-state index is 12.5. The number of aromatic nitrogens is 2. The molecule has 0 radical (unpaired) electrons. The molecule has 3 N–H and O–H groups in total. The normalized spacial score (nSPS) is 12.4. The predicted molar refractivity (Wildman–Crippen MR) is 140 cm³/mol. The van der Waals surface area contributed by atoms with E-state index in [0.717, 1.165) is 16.8 Å². The number of amides is 1. The molecule has 9 nitrogen and oxygen atoms in total. The van der Waals surface area contributed by atoms with Crippen molar-refractivity contribution in [3.63, 3.8) is 0 Å². The maximum absolute atomic E-state index is 12.5. The second-order valence-electron chi connectivity index (χ2n) is 8.54. The van der Waals surface area contributed by atoms with Gasteiger partial charge in [-0.05, 0) is 55.7 Å². The summed E-state index contributed by atoms with van der Waals surface area (Å²) in [5, 5.41) is 19.3. The van der Waals surface area contributed by atoms with Crippen molar-refractivity contribution in [2.24, 2.45) is 0 Å². The predicted octanol–water partition coefficient (Wildman–Crippen LogP) is 6.68. The van der Waals surface area contributed by atoms with Gasteiger partial charge in [0.1, 0.15) is 11.9 Å². The molecule has 1 amide bonds. The lowest BCUT2D eigenvalue weighted by atomic mass is 9.96. The third kappa shape index (κ3) is 6.13. The number of aryl methyl sites for hydroxylation is 1. The monoisotopic (exact) mass is 500 g/mol. The van der Waals surface area contributed by atoms with Crippen LogP contribution in [-0.4, -0.2) is 27.3 Å². The molecule has 2 atom stereocenters. The van der Waals surface area contributed by atoms with Gasteiger partial charge in [-0.25, -0.2) is 9.78 Å². The summed E-state index contributed by atoms with van der Waals surface area (Å²) in [6.07, 6.45) is 1.04. The van der Waals surface area contributed by atoms with Gasteiger partial charge in [-0.15, -0.1) is 0 Å². The fourth-order valence-corrected chi connectivity index (χ4v) is 4.02. The molecule has 2 aromatic carbocycles. The smallest absolute Gasteiger partial charge is 0.414 e. The first kappa shape index (κ1) is 25.4. The lowest BCUT2D eigenvalue weighted by Gasteiger charge is -2.14. The summed E-state index contributed by atoms with van der Waals surface area (Å²) in [5.41, 5.74) is 4.20. The molecule has 0 aliphatic heterocycles. The Morgan fingerprint density at radius 1 is 1.05 bits per heavy atom. The molecule has 0 saturated heterocycles. The third-order valence-electron chi connectivity index (χ3n) is 5.95. The highest BCUT2D eigenvalue weighted by Gasteiger charge is 2.20. The molecule has 190 valence electrons. The van der Waals surface area contributed by atoms with Crippen molar-refractivity contribution < 1.29 is 24.0 Å². The van der Waals surface area contributed by atoms with Crippen LogP contribution in [0.1, 0.15) is 49.1 Å². The minimum atomic E-state index is -0.853. The van der Waals surface area contributed by atoms with Gasteiger partial charge in [0.15, 0.2) is 0 Å². The lowest BCUT2D eigenvalue weighted by Crippen LogP contribution is -2.16. The Kier molecular flexibility index (Phi) is 7.83. The van der Waals surface area contributed by atoms with Crippen LogP contribution < -0.4 is 10.6 Å². The van der Waals surface area contributed by atoms with Gasteiger partial charge in [0.25, 0.3) is 0 Å². The number of aliphatic carboxylic acids is 1. The first-order valence-corrected chi connectivity index (χ1v) is 11.9. The highest BCUT2D eigenvalue weighted by Crippen LogP contribution is 2.32. The van der Waals surface area contributed by atoms with Crippen LogP contribution in [0.15, 0.2) is 77.4 Å². The highest BCUT2D eigenvalue weighted by molar-refractivity contribution is 5.89. The number of benzene rings is 2. The van der Waals surface area contributed by atoms with Crippen LogP contribution in [0.3, 0.4) is 0 Å². The van der Waals surface area contributed by atoms with E-state index in [4.69, 9.17) is 9.26 Å². The second-order valence-corrected chi connectivity index (χ2v) is 8.54. The number of carboxylic acids is 1. The van der Waals surface area contributed by atoms with Gasteiger partial charge in [0, 0.05) is 17.4 Å². The quantitative estimate of drug-likeness (QED) is 0.232. The number of hydrogen-bond acceptors (Lipinski definition) is 7. The molecule has 37 heavy (non-hydrogen) atoms. The molecular formula is C28H28N4O5. The average Bonchev–Trinajstić information content (AvgIpc) is 3.25. The molecule has 0 saturated carbocycles. The van der Waals surface area contributed by atoms with E-state index in [9.17, 15) is 14.7 Å². The van der Waals surface area contributed by atoms with E-state index in [2.05, 4.69) is 20.8 Å². The van der Waals surface area contributed by atoms with Crippen LogP contribution in [0.25, 0.3) is 11.1 Å². The molecule has 0 aliphatic rings. The van der Waals surface area contributed by atoms with Crippen LogP contribution in [0.4, 0.5) is 22.2 Å². The summed E-state index contributed by atoms with van der Waals surface area (Å²) < 4.78 is 10.8. The Balaban J connectivity index is 1.46. The van der Waals surface area contributed by atoms with Gasteiger partial charge in [0.05, 0.1) is 17.2 Å². The number of pyridine rings is 1. The SMILES string of the molecule is CCC(C(=O)O)c1cccc(Nc2ccc(-c3c(C)noc3NC(=O)OC(C)c3ccccc3)cn2)c1. The van der Waals surface area contributed by atoms with Crippen molar-refractivity contribution in [2.45, 2.75) is 39.2 Å². The first-order chi connectivity index (χ1) is 17.9. The van der Waals surface area contributed by atoms with E-state index in [0.29, 0.717) is 29.1 Å². The molecule has 4 rings (SSSR count). The fourth-order valence-electron chi connectivity index (χ4n) is 4.02. The van der Waals surface area contributed by atoms with E-state index in [1.165, 1.54) is 0 Å². The van der Waals surface area contributed by atoms with E-state index in [1.54, 1.807) is 32.2 Å². The van der Waals surface area contributed by atoms with Gasteiger partial charge in [-0.3, -0.25) is 10.1 Å². The number of anilines is 3. The Morgan fingerprint density at radius 2 is 1.81 bits per heavy atom. The number of nitrogens with one attached hydrogen (secondary N) is 2. The summed E-state index contributed by atoms with van der Waals surface area (Å²) in [7, 11) is 0. The zero-order valence-corrected chi connectivity index (χ0v) is 20.8. The Bertz CT molecular complexity index is 1370. The minimum Gasteiger partial charge on any atom is -0.481 e. The van der Waals surface area contributed by atoms with Gasteiger partial charge in [-0.1, -0.05) is 54.5 Å². The largest absolute Gasteiger partial charge is 0.481 e. The van der Waals surface area contributed by atoms with E-state index in [1.807, 2.05) is 61.5 Å². The topological polar surface area (TPSA) is 127 Å². The molecule has 2 unspecified atom stereocenters. The van der Waals surface area contributed by atoms with Crippen LogP contribution in [0, 0.1) is 6.92 Å². The number of rotatable bonds is 9. The zero-order chi connectivity index (χ0) is 26.4. The van der Waals surface area contributed by atoms with Crippen LogP contribution in [0.5, 0.6) is 0 Å². The lowest BCUT2D eigenvalue weighted by molar-refractivity contribution is -0.138. The number of ether oxygens (including phenoxy) is 1. The van der Waals surface area contributed by atoms with Crippen LogP contribution >= 0.6 is 0 Å². The fraction of sp³-hybridized carbons (Fsp3) is 0.214. The Morgan fingerprint density at radius 3 is 2.49 bits per heavy atom. The number of carbonyl (C=O) groups is 2. The Hall–Kier alpha value is -4.66. The van der Waals surface area contributed by atoms with Crippen molar-refractivity contribution in [3.05, 3.63) is 89.7 Å². The molecule has 9 heteroatoms. The van der Waals surface area contributed by atoms with Gasteiger partial charge in [-0.2, -0.15) is 0 Å². The third-order valence-corrected chi connectivity index (χ3v) is 5.95. The van der Waals surface area contributed by atoms with E-state index < -0.39 is 24.1 Å². The molecule has 4 aromatic rings. The van der Waals surface area contributed by atoms with Crippen molar-refractivity contribution in [1.29, 1.82) is 0 Å². The standard InChI is InChI=1S/C28H28N4O5/c1-4-23(27(33)34)20-11-8-12-22(15-20)30-24-14-13-21(16-29-24)25-17(2)32-37-26(25)31-28(35)36-18(3)19-9-6-5-7-10-19/h5-16,18,23H,4H2,1-3H3,(H,29,30)(H,31,35)(H,33,34). The van der Waals surface area contributed by atoms with Crippen molar-refractivity contribution >= 4 is 29.5 Å². The molecular weight excluding hydrogens is 472 g/mol. The van der Waals surface area contributed by atoms with Gasteiger partial charge >= 0.3 is 12.1 Å². The van der Waals surface area contributed by atoms with Gasteiger partial charge < -0.3 is 19.7 Å². The number of carbonyl (C=O) groups excluding carboxylic acids is 1. The molecule has 2 aromatic heterocycles. The number of carboxylic acid groups (broad SMARTS) is 1. The Labute approximate surface area is 214 Å². The van der Waals surface area contributed by atoms with E-state index >= 15 is 0 Å².